The first kappa shape index (κ1) is 24.1. The summed E-state index contributed by atoms with van der Waals surface area (Å²) in [7, 11) is 0. The van der Waals surface area contributed by atoms with Crippen LogP contribution in [0.3, 0.4) is 0 Å². The van der Waals surface area contributed by atoms with E-state index in [2.05, 4.69) is 24.3 Å². The van der Waals surface area contributed by atoms with E-state index in [1.165, 1.54) is 0 Å². The molecule has 0 spiro atoms. The van der Waals surface area contributed by atoms with Crippen LogP contribution in [0.15, 0.2) is 36.5 Å². The second-order valence-corrected chi connectivity index (χ2v) is 2.01. The van der Waals surface area contributed by atoms with Crippen molar-refractivity contribution in [3.63, 3.8) is 0 Å². The molecule has 0 fully saturated rings. The van der Waals surface area contributed by atoms with Crippen molar-refractivity contribution >= 4 is 0 Å². The Balaban J connectivity index is -0.0000000333. The fourth-order valence-electron chi connectivity index (χ4n) is 0.680. The van der Waals surface area contributed by atoms with Gasteiger partial charge in [-0.3, -0.25) is 12.2 Å². The number of allylic oxidation sites excluding steroid dienone is 8. The maximum Gasteiger partial charge on any atom is 4.00 e. The molecule has 2 aliphatic carbocycles. The van der Waals surface area contributed by atoms with Crippen molar-refractivity contribution in [1.82, 2.24) is 0 Å². The molecule has 2 rings (SSSR count). The topological polar surface area (TPSA) is 0 Å². The van der Waals surface area contributed by atoms with Crippen LogP contribution in [0.25, 0.3) is 0 Å². The Hall–Kier alpha value is 0.713. The van der Waals surface area contributed by atoms with Crippen LogP contribution in [0, 0.1) is 12.2 Å². The second-order valence-electron chi connectivity index (χ2n) is 2.01. The first-order valence-electron chi connectivity index (χ1n) is 3.43. The van der Waals surface area contributed by atoms with Gasteiger partial charge in [0.25, 0.3) is 0 Å². The molecular formula is C10H11Cl3Zr. The third kappa shape index (κ3) is 15.2. The Morgan fingerprint density at radius 2 is 1.14 bits per heavy atom. The zero-order valence-electron chi connectivity index (χ0n) is 8.51. The quantitative estimate of drug-likeness (QED) is 0.388. The summed E-state index contributed by atoms with van der Waals surface area (Å²) in [6.07, 6.45) is 20.0. The van der Waals surface area contributed by atoms with Gasteiger partial charge in [0, 0.05) is 0 Å². The van der Waals surface area contributed by atoms with Gasteiger partial charge in [-0.15, -0.1) is 12.8 Å². The Bertz CT molecular complexity index is 159. The summed E-state index contributed by atoms with van der Waals surface area (Å²) in [6, 6.07) is 0. The summed E-state index contributed by atoms with van der Waals surface area (Å²) < 4.78 is 0. The number of hydrogen-bond acceptors (Lipinski definition) is 0. The smallest absolute Gasteiger partial charge is 1.00 e. The van der Waals surface area contributed by atoms with Crippen molar-refractivity contribution in [2.24, 2.45) is 0 Å². The first-order valence-corrected chi connectivity index (χ1v) is 3.43. The zero-order chi connectivity index (χ0) is 7.07. The normalized spacial score (nSPS) is 12.6. The van der Waals surface area contributed by atoms with E-state index >= 15 is 0 Å². The van der Waals surface area contributed by atoms with E-state index in [-0.39, 0.29) is 64.9 Å². The zero-order valence-corrected chi connectivity index (χ0v) is 12.2. The maximum atomic E-state index is 2.99. The van der Waals surface area contributed by atoms with Gasteiger partial charge in [0.2, 0.25) is 0 Å². The molecule has 4 heteroatoms. The molecule has 0 aromatic rings. The molecule has 0 nitrogen and oxygen atoms in total. The number of rotatable bonds is 0. The second kappa shape index (κ2) is 19.3. The van der Waals surface area contributed by atoms with Gasteiger partial charge in [0.05, 0.1) is 0 Å². The van der Waals surface area contributed by atoms with Gasteiger partial charge < -0.3 is 37.2 Å². The van der Waals surface area contributed by atoms with Crippen molar-refractivity contribution in [2.45, 2.75) is 12.8 Å². The summed E-state index contributed by atoms with van der Waals surface area (Å²) in [5.41, 5.74) is 0. The van der Waals surface area contributed by atoms with E-state index in [1.54, 1.807) is 0 Å². The van der Waals surface area contributed by atoms with Crippen LogP contribution in [0.1, 0.15) is 14.3 Å². The summed E-state index contributed by atoms with van der Waals surface area (Å²) >= 11 is 0. The summed E-state index contributed by atoms with van der Waals surface area (Å²) in [5.74, 6) is 0. The van der Waals surface area contributed by atoms with Gasteiger partial charge >= 0.3 is 27.6 Å². The van der Waals surface area contributed by atoms with Crippen LogP contribution in [-0.4, -0.2) is 0 Å². The molecule has 0 atom stereocenters. The Kier molecular flexibility index (Phi) is 33.3. The molecule has 76 valence electrons. The van der Waals surface area contributed by atoms with Gasteiger partial charge in [0.15, 0.2) is 0 Å². The Morgan fingerprint density at radius 3 is 1.21 bits per heavy atom. The summed E-state index contributed by atoms with van der Waals surface area (Å²) in [5, 5.41) is 0. The van der Waals surface area contributed by atoms with E-state index < -0.39 is 0 Å². The van der Waals surface area contributed by atoms with Gasteiger partial charge in [-0.05, 0) is 0 Å². The molecule has 0 unspecified atom stereocenters. The van der Waals surface area contributed by atoms with E-state index in [9.17, 15) is 0 Å². The minimum Gasteiger partial charge on any atom is -1.00 e. The van der Waals surface area contributed by atoms with Crippen LogP contribution < -0.4 is 37.2 Å². The van der Waals surface area contributed by atoms with E-state index in [0.29, 0.717) is 0 Å². The van der Waals surface area contributed by atoms with Crippen LogP contribution >= 0.6 is 0 Å². The largest absolute Gasteiger partial charge is 4.00 e. The van der Waals surface area contributed by atoms with Crippen molar-refractivity contribution in [3.8, 4) is 0 Å². The molecule has 2 aliphatic rings. The van der Waals surface area contributed by atoms with Crippen molar-refractivity contribution < 1.29 is 64.9 Å². The van der Waals surface area contributed by atoms with Crippen LogP contribution in [0.2, 0.25) is 0 Å². The third-order valence-corrected chi connectivity index (χ3v) is 1.17. The van der Waals surface area contributed by atoms with Crippen molar-refractivity contribution in [2.75, 3.05) is 0 Å². The standard InChI is InChI=1S/2C5H5.3ClH.Zr/c2*1-2-4-5-3-1;;;;/h2*1-3H,4H2;3*1H;/q2*-1;;;;+4/p-2. The maximum absolute atomic E-state index is 2.99. The minimum absolute atomic E-state index is 0. The van der Waals surface area contributed by atoms with Gasteiger partial charge in [-0.2, -0.15) is 12.2 Å². The van der Waals surface area contributed by atoms with E-state index in [4.69, 9.17) is 0 Å². The Morgan fingerprint density at radius 1 is 0.786 bits per heavy atom. The minimum atomic E-state index is 0. The SMILES string of the molecule is [C-]1=CC=CC1.[C-]1=CC=CC1.[Cl-].[Cl-].[Cl-].[H+].[Zr+4]. The summed E-state index contributed by atoms with van der Waals surface area (Å²) in [4.78, 5) is 0. The monoisotopic (exact) mass is 326 g/mol. The molecule has 0 amide bonds. The average Bonchev–Trinajstić information content (AvgIpc) is 2.67. The van der Waals surface area contributed by atoms with Gasteiger partial charge in [-0.25, -0.2) is 24.3 Å². The van der Waals surface area contributed by atoms with Crippen LogP contribution in [0.5, 0.6) is 0 Å². The third-order valence-electron chi connectivity index (χ3n) is 1.17. The van der Waals surface area contributed by atoms with Crippen LogP contribution in [0.4, 0.5) is 0 Å². The number of hydrogen-bond donors (Lipinski definition) is 0. The molecule has 0 aromatic carbocycles. The first-order chi connectivity index (χ1) is 5.00. The molecule has 0 aliphatic heterocycles. The van der Waals surface area contributed by atoms with E-state index in [0.717, 1.165) is 12.8 Å². The molecule has 0 heterocycles. The molecule has 0 bridgehead atoms. The molecule has 0 radical (unpaired) electrons. The summed E-state index contributed by atoms with van der Waals surface area (Å²) in [6.45, 7) is 0. The van der Waals surface area contributed by atoms with Gasteiger partial charge in [-0.1, -0.05) is 0 Å². The average molecular weight is 329 g/mol. The predicted octanol–water partition coefficient (Wildman–Crippen LogP) is -6.27. The fourth-order valence-corrected chi connectivity index (χ4v) is 0.680. The molecule has 0 aromatic heterocycles. The fraction of sp³-hybridized carbons (Fsp3) is 0.200. The number of halogens is 3. The molecule has 0 saturated heterocycles. The molecule has 0 N–H and O–H groups in total. The molecule has 0 saturated carbocycles. The predicted molar refractivity (Wildman–Crippen MR) is 44.3 cm³/mol. The Labute approximate surface area is 125 Å². The van der Waals surface area contributed by atoms with Crippen molar-refractivity contribution in [3.05, 3.63) is 48.6 Å². The van der Waals surface area contributed by atoms with Gasteiger partial charge in [0.1, 0.15) is 0 Å². The van der Waals surface area contributed by atoms with E-state index in [1.807, 2.05) is 24.3 Å². The molecular weight excluding hydrogens is 318 g/mol. The van der Waals surface area contributed by atoms with Crippen molar-refractivity contribution in [1.29, 1.82) is 0 Å². The van der Waals surface area contributed by atoms with Crippen LogP contribution in [-0.2, 0) is 26.2 Å². The molecule has 14 heavy (non-hydrogen) atoms.